The second-order valence-electron chi connectivity index (χ2n) is 6.21. The van der Waals surface area contributed by atoms with Crippen LogP contribution in [0.1, 0.15) is 36.1 Å². The molecule has 2 N–H and O–H groups in total. The average Bonchev–Trinajstić information content (AvgIpc) is 2.40. The SMILES string of the molecule is COC1CN(C(CN)c2cc(C)cc(C)c2)CCC1C. The number of benzene rings is 1. The van der Waals surface area contributed by atoms with Gasteiger partial charge in [0.1, 0.15) is 0 Å². The van der Waals surface area contributed by atoms with E-state index in [-0.39, 0.29) is 0 Å². The molecule has 3 heteroatoms. The lowest BCUT2D eigenvalue weighted by atomic mass is 9.92. The summed E-state index contributed by atoms with van der Waals surface area (Å²) in [6.45, 7) is 9.33. The molecule has 2 rings (SSSR count). The molecule has 3 nitrogen and oxygen atoms in total. The number of nitrogens with zero attached hydrogens (tertiary/aromatic N) is 1. The molecule has 112 valence electrons. The number of ether oxygens (including phenoxy) is 1. The van der Waals surface area contributed by atoms with E-state index in [1.807, 2.05) is 7.11 Å². The molecule has 3 atom stereocenters. The zero-order chi connectivity index (χ0) is 14.7. The van der Waals surface area contributed by atoms with E-state index in [0.717, 1.165) is 13.1 Å². The Hall–Kier alpha value is -0.900. The number of methoxy groups -OCH3 is 1. The first-order valence-electron chi connectivity index (χ1n) is 7.60. The zero-order valence-electron chi connectivity index (χ0n) is 13.2. The van der Waals surface area contributed by atoms with Gasteiger partial charge in [0.2, 0.25) is 0 Å². The third kappa shape index (κ3) is 3.40. The molecule has 1 aliphatic rings. The molecule has 1 aliphatic heterocycles. The fourth-order valence-electron chi connectivity index (χ4n) is 3.35. The summed E-state index contributed by atoms with van der Waals surface area (Å²) < 4.78 is 5.63. The van der Waals surface area contributed by atoms with E-state index in [2.05, 4.69) is 43.9 Å². The number of piperidine rings is 1. The minimum atomic E-state index is 0.304. The zero-order valence-corrected chi connectivity index (χ0v) is 13.2. The first kappa shape index (κ1) is 15.5. The Balaban J connectivity index is 2.19. The predicted octanol–water partition coefficient (Wildman–Crippen LogP) is 2.66. The van der Waals surface area contributed by atoms with Gasteiger partial charge < -0.3 is 10.5 Å². The summed E-state index contributed by atoms with van der Waals surface area (Å²) in [6, 6.07) is 7.06. The molecule has 1 saturated heterocycles. The van der Waals surface area contributed by atoms with E-state index in [4.69, 9.17) is 10.5 Å². The van der Waals surface area contributed by atoms with Crippen LogP contribution in [-0.2, 0) is 4.74 Å². The molecule has 1 aromatic carbocycles. The minimum Gasteiger partial charge on any atom is -0.380 e. The highest BCUT2D eigenvalue weighted by Gasteiger charge is 2.30. The third-order valence-corrected chi connectivity index (χ3v) is 4.52. The molecular formula is C17H28N2O. The van der Waals surface area contributed by atoms with Crippen molar-refractivity contribution in [2.75, 3.05) is 26.7 Å². The maximum atomic E-state index is 6.07. The Morgan fingerprint density at radius 2 is 1.95 bits per heavy atom. The molecule has 1 fully saturated rings. The van der Waals surface area contributed by atoms with Crippen molar-refractivity contribution in [2.45, 2.75) is 39.3 Å². The maximum absolute atomic E-state index is 6.07. The van der Waals surface area contributed by atoms with Crippen molar-refractivity contribution < 1.29 is 4.74 Å². The number of aryl methyl sites for hydroxylation is 2. The van der Waals surface area contributed by atoms with Gasteiger partial charge in [-0.2, -0.15) is 0 Å². The Morgan fingerprint density at radius 1 is 1.30 bits per heavy atom. The largest absolute Gasteiger partial charge is 0.380 e. The van der Waals surface area contributed by atoms with E-state index in [1.54, 1.807) is 0 Å². The number of rotatable bonds is 4. The van der Waals surface area contributed by atoms with Gasteiger partial charge in [0, 0.05) is 26.2 Å². The van der Waals surface area contributed by atoms with Crippen molar-refractivity contribution in [3.05, 3.63) is 34.9 Å². The number of likely N-dealkylation sites (tertiary alicyclic amines) is 1. The molecule has 0 saturated carbocycles. The monoisotopic (exact) mass is 276 g/mol. The normalized spacial score (nSPS) is 25.6. The summed E-state index contributed by atoms with van der Waals surface area (Å²) in [5, 5.41) is 0. The highest BCUT2D eigenvalue weighted by molar-refractivity contribution is 5.31. The van der Waals surface area contributed by atoms with Crippen molar-refractivity contribution in [3.63, 3.8) is 0 Å². The molecule has 3 unspecified atom stereocenters. The van der Waals surface area contributed by atoms with Crippen molar-refractivity contribution >= 4 is 0 Å². The number of nitrogens with two attached hydrogens (primary N) is 1. The van der Waals surface area contributed by atoms with Crippen LogP contribution in [0.15, 0.2) is 18.2 Å². The van der Waals surface area contributed by atoms with E-state index < -0.39 is 0 Å². The summed E-state index contributed by atoms with van der Waals surface area (Å²) in [5.41, 5.74) is 10.0. The standard InChI is InChI=1S/C17H28N2O/c1-12-7-13(2)9-15(8-12)16(10-18)19-6-5-14(3)17(11-19)20-4/h7-9,14,16-17H,5-6,10-11,18H2,1-4H3. The van der Waals surface area contributed by atoms with Gasteiger partial charge in [-0.15, -0.1) is 0 Å². The lowest BCUT2D eigenvalue weighted by Crippen LogP contribution is -2.47. The summed E-state index contributed by atoms with van der Waals surface area (Å²) in [5.74, 6) is 0.633. The molecule has 0 bridgehead atoms. The number of hydrogen-bond donors (Lipinski definition) is 1. The summed E-state index contributed by atoms with van der Waals surface area (Å²) in [4.78, 5) is 2.49. The second-order valence-corrected chi connectivity index (χ2v) is 6.21. The van der Waals surface area contributed by atoms with Gasteiger partial charge in [0.25, 0.3) is 0 Å². The summed E-state index contributed by atoms with van der Waals surface area (Å²) >= 11 is 0. The van der Waals surface area contributed by atoms with Crippen LogP contribution in [0.25, 0.3) is 0 Å². The predicted molar refractivity (Wildman–Crippen MR) is 83.9 cm³/mol. The van der Waals surface area contributed by atoms with E-state index in [0.29, 0.717) is 24.6 Å². The Labute approximate surface area is 123 Å². The maximum Gasteiger partial charge on any atom is 0.0724 e. The van der Waals surface area contributed by atoms with Gasteiger partial charge in [-0.05, 0) is 38.3 Å². The van der Waals surface area contributed by atoms with Crippen LogP contribution < -0.4 is 5.73 Å². The van der Waals surface area contributed by atoms with Gasteiger partial charge in [-0.1, -0.05) is 36.2 Å². The lowest BCUT2D eigenvalue weighted by molar-refractivity contribution is -0.0183. The first-order valence-corrected chi connectivity index (χ1v) is 7.60. The van der Waals surface area contributed by atoms with Gasteiger partial charge in [-0.25, -0.2) is 0 Å². The fraction of sp³-hybridized carbons (Fsp3) is 0.647. The van der Waals surface area contributed by atoms with E-state index >= 15 is 0 Å². The van der Waals surface area contributed by atoms with Crippen molar-refractivity contribution in [1.29, 1.82) is 0 Å². The van der Waals surface area contributed by atoms with Crippen molar-refractivity contribution in [2.24, 2.45) is 11.7 Å². The first-order chi connectivity index (χ1) is 9.55. The van der Waals surface area contributed by atoms with Gasteiger partial charge >= 0.3 is 0 Å². The van der Waals surface area contributed by atoms with Crippen molar-refractivity contribution in [1.82, 2.24) is 4.90 Å². The van der Waals surface area contributed by atoms with Crippen LogP contribution in [0.2, 0.25) is 0 Å². The van der Waals surface area contributed by atoms with Gasteiger partial charge in [-0.3, -0.25) is 4.90 Å². The van der Waals surface area contributed by atoms with Gasteiger partial charge in [0.05, 0.1) is 6.10 Å². The van der Waals surface area contributed by atoms with Gasteiger partial charge in [0.15, 0.2) is 0 Å². The highest BCUT2D eigenvalue weighted by atomic mass is 16.5. The van der Waals surface area contributed by atoms with Crippen LogP contribution >= 0.6 is 0 Å². The Bertz CT molecular complexity index is 426. The van der Waals surface area contributed by atoms with Crippen molar-refractivity contribution in [3.8, 4) is 0 Å². The smallest absolute Gasteiger partial charge is 0.0724 e. The molecule has 1 aromatic rings. The molecule has 0 spiro atoms. The Morgan fingerprint density at radius 3 is 2.50 bits per heavy atom. The molecule has 0 radical (unpaired) electrons. The lowest BCUT2D eigenvalue weighted by Gasteiger charge is -2.40. The highest BCUT2D eigenvalue weighted by Crippen LogP contribution is 2.28. The van der Waals surface area contributed by atoms with E-state index in [1.165, 1.54) is 23.1 Å². The van der Waals surface area contributed by atoms with Crippen LogP contribution in [0.5, 0.6) is 0 Å². The minimum absolute atomic E-state index is 0.304. The van der Waals surface area contributed by atoms with Crippen LogP contribution in [-0.4, -0.2) is 37.7 Å². The molecule has 1 heterocycles. The van der Waals surface area contributed by atoms with Crippen LogP contribution in [0.3, 0.4) is 0 Å². The second kappa shape index (κ2) is 6.70. The molecular weight excluding hydrogens is 248 g/mol. The topological polar surface area (TPSA) is 38.5 Å². The van der Waals surface area contributed by atoms with E-state index in [9.17, 15) is 0 Å². The Kier molecular flexibility index (Phi) is 5.19. The molecule has 0 aliphatic carbocycles. The quantitative estimate of drug-likeness (QED) is 0.919. The van der Waals surface area contributed by atoms with Crippen LogP contribution in [0, 0.1) is 19.8 Å². The third-order valence-electron chi connectivity index (χ3n) is 4.52. The average molecular weight is 276 g/mol. The number of hydrogen-bond acceptors (Lipinski definition) is 3. The molecule has 0 aromatic heterocycles. The summed E-state index contributed by atoms with van der Waals surface area (Å²) in [7, 11) is 1.82. The summed E-state index contributed by atoms with van der Waals surface area (Å²) in [6.07, 6.45) is 1.50. The fourth-order valence-corrected chi connectivity index (χ4v) is 3.35. The molecule has 20 heavy (non-hydrogen) atoms. The van der Waals surface area contributed by atoms with Crippen LogP contribution in [0.4, 0.5) is 0 Å². The molecule has 0 amide bonds.